The van der Waals surface area contributed by atoms with E-state index in [9.17, 15) is 0 Å². The van der Waals surface area contributed by atoms with Gasteiger partial charge in [0.05, 0.1) is 0 Å². The maximum absolute atomic E-state index is 2.29. The van der Waals surface area contributed by atoms with E-state index < -0.39 is 0 Å². The van der Waals surface area contributed by atoms with Gasteiger partial charge in [-0.2, -0.15) is 0 Å². The molecule has 0 heteroatoms. The summed E-state index contributed by atoms with van der Waals surface area (Å²) in [6, 6.07) is 117. The molecule has 0 aliphatic heterocycles. The van der Waals surface area contributed by atoms with E-state index in [1.807, 2.05) is 6.07 Å². The molecule has 0 aliphatic rings. The van der Waals surface area contributed by atoms with Crippen LogP contribution in [-0.2, 0) is 37.9 Å². The molecule has 13 rings (SSSR count). The van der Waals surface area contributed by atoms with Gasteiger partial charge in [-0.05, 0) is 150 Å². The molecule has 0 saturated heterocycles. The van der Waals surface area contributed by atoms with Crippen molar-refractivity contribution in [2.24, 2.45) is 0 Å². The summed E-state index contributed by atoms with van der Waals surface area (Å²) in [5.74, 6) is 0. The lowest BCUT2D eigenvalue weighted by atomic mass is 9.84. The first-order valence-corrected chi connectivity index (χ1v) is 37.1. The number of benzene rings is 13. The van der Waals surface area contributed by atoms with Crippen molar-refractivity contribution in [2.75, 3.05) is 0 Å². The number of fused-ring (bicyclic) bond motifs is 2. The minimum absolute atomic E-state index is 0.204. The smallest absolute Gasteiger partial charge is 0.0126 e. The standard InChI is InChI=1S/C22H22.2C16H18.2C14H16.C11H16.C10H14/c1-22(2,3)21-15-13-20(14-16-21)19-11-9-18(10-12-19)17-7-5-4-6-8-17;1-16(2,3)15-11-7-10-14(12-15)13-8-5-4-6-9-13;1-16(2,3)15-11-9-14(10-12-15)13-7-5-4-6-8-13;1-14(2,3)13-10-6-8-11-7-4-5-9-12(11)13;1-14(2,3)13-9-8-11-6-4-5-7-12(11)10-13;1-9-5-7-10(8-6-9)11(2,3)4;1-10(2,3)9-7-5-4-6-8-9/h4-16H,1-3H3;2*4-12H,1-3H3;2*4-10H,1-3H3;5-8H,1-4H3;4-8H,1-3H3. The molecule has 0 aromatic heterocycles. The number of aryl methyl sites for hydroxylation is 1. The zero-order chi connectivity index (χ0) is 75.2. The van der Waals surface area contributed by atoms with Crippen molar-refractivity contribution in [3.63, 3.8) is 0 Å². The first kappa shape index (κ1) is 80.7. The zero-order valence-corrected chi connectivity index (χ0v) is 66.7. The van der Waals surface area contributed by atoms with Crippen LogP contribution in [0.15, 0.2) is 328 Å². The summed E-state index contributed by atoms with van der Waals surface area (Å²) in [5, 5.41) is 5.36. The summed E-state index contributed by atoms with van der Waals surface area (Å²) in [7, 11) is 0. The summed E-state index contributed by atoms with van der Waals surface area (Å²) in [4.78, 5) is 0. The quantitative estimate of drug-likeness (QED) is 0.165. The van der Waals surface area contributed by atoms with Gasteiger partial charge in [0.2, 0.25) is 0 Å². The predicted molar refractivity (Wildman–Crippen MR) is 457 cm³/mol. The van der Waals surface area contributed by atoms with Gasteiger partial charge in [0.15, 0.2) is 0 Å². The van der Waals surface area contributed by atoms with E-state index in [4.69, 9.17) is 0 Å². The molecule has 0 atom stereocenters. The third kappa shape index (κ3) is 25.7. The number of rotatable bonds is 4. The fourth-order valence-corrected chi connectivity index (χ4v) is 11.8. The molecule has 0 spiro atoms. The third-order valence-electron chi connectivity index (χ3n) is 18.5. The summed E-state index contributed by atoms with van der Waals surface area (Å²) < 4.78 is 0. The van der Waals surface area contributed by atoms with Crippen LogP contribution in [0.1, 0.15) is 190 Å². The molecule has 0 nitrogen and oxygen atoms in total. The Balaban J connectivity index is 0.000000170. The maximum atomic E-state index is 2.29. The Labute approximate surface area is 624 Å². The lowest BCUT2D eigenvalue weighted by Crippen LogP contribution is -2.11. The van der Waals surface area contributed by atoms with Crippen LogP contribution in [-0.4, -0.2) is 0 Å². The molecule has 0 fully saturated rings. The van der Waals surface area contributed by atoms with Crippen molar-refractivity contribution < 1.29 is 0 Å². The summed E-state index contributed by atoms with van der Waals surface area (Å²) in [6.07, 6.45) is 0. The Morgan fingerprint density at radius 2 is 0.408 bits per heavy atom. The Bertz CT molecular complexity index is 4590. The van der Waals surface area contributed by atoms with Crippen molar-refractivity contribution in [1.82, 2.24) is 0 Å². The molecule has 0 N–H and O–H groups in total. The van der Waals surface area contributed by atoms with Gasteiger partial charge in [-0.15, -0.1) is 0 Å². The highest BCUT2D eigenvalue weighted by Crippen LogP contribution is 2.34. The average Bonchev–Trinajstić information content (AvgIpc) is 0.814. The molecule has 13 aromatic carbocycles. The van der Waals surface area contributed by atoms with Gasteiger partial charge >= 0.3 is 0 Å². The first-order chi connectivity index (χ1) is 48.4. The predicted octanol–water partition coefficient (Wildman–Crippen LogP) is 30.2. The third-order valence-corrected chi connectivity index (χ3v) is 18.5. The molecule has 103 heavy (non-hydrogen) atoms. The Kier molecular flexibility index (Phi) is 28.2. The minimum Gasteiger partial charge on any atom is -0.0622 e. The van der Waals surface area contributed by atoms with Crippen LogP contribution >= 0.6 is 0 Å². The van der Waals surface area contributed by atoms with E-state index in [-0.39, 0.29) is 32.5 Å². The Morgan fingerprint density at radius 1 is 0.155 bits per heavy atom. The Morgan fingerprint density at radius 3 is 0.786 bits per heavy atom. The maximum Gasteiger partial charge on any atom is -0.0126 e. The van der Waals surface area contributed by atoms with E-state index in [1.165, 1.54) is 111 Å². The molecule has 0 unspecified atom stereocenters. The monoisotopic (exact) mass is 1360 g/mol. The number of hydrogen-bond acceptors (Lipinski definition) is 0. The van der Waals surface area contributed by atoms with Gasteiger partial charge in [-0.3, -0.25) is 0 Å². The van der Waals surface area contributed by atoms with Crippen molar-refractivity contribution in [3.05, 3.63) is 372 Å². The van der Waals surface area contributed by atoms with Gasteiger partial charge in [0, 0.05) is 0 Å². The first-order valence-electron chi connectivity index (χ1n) is 37.1. The van der Waals surface area contributed by atoms with E-state index in [0.29, 0.717) is 5.41 Å². The summed E-state index contributed by atoms with van der Waals surface area (Å²) in [5.41, 5.74) is 23.0. The second-order valence-electron chi connectivity index (χ2n) is 34.5. The fraction of sp³-hybridized carbons (Fsp3) is 0.282. The van der Waals surface area contributed by atoms with Gasteiger partial charge in [0.25, 0.3) is 0 Å². The van der Waals surface area contributed by atoms with Crippen LogP contribution in [0.4, 0.5) is 0 Å². The summed E-state index contributed by atoms with van der Waals surface area (Å²) >= 11 is 0. The van der Waals surface area contributed by atoms with Crippen LogP contribution in [0.25, 0.3) is 66.1 Å². The zero-order valence-electron chi connectivity index (χ0n) is 66.7. The molecular weight excluding hydrogens is 1240 g/mol. The molecule has 0 heterocycles. The van der Waals surface area contributed by atoms with Crippen molar-refractivity contribution in [1.29, 1.82) is 0 Å². The molecule has 0 radical (unpaired) electrons. The highest BCUT2D eigenvalue weighted by Gasteiger charge is 2.19. The van der Waals surface area contributed by atoms with Crippen LogP contribution in [0.5, 0.6) is 0 Å². The van der Waals surface area contributed by atoms with E-state index in [1.54, 1.807) is 0 Å². The van der Waals surface area contributed by atoms with Crippen molar-refractivity contribution in [2.45, 2.75) is 190 Å². The average molecular weight is 1360 g/mol. The Hall–Kier alpha value is -9.62. The number of hydrogen-bond donors (Lipinski definition) is 0. The normalized spacial score (nSPS) is 11.6. The molecule has 532 valence electrons. The van der Waals surface area contributed by atoms with Crippen molar-refractivity contribution in [3.8, 4) is 44.5 Å². The van der Waals surface area contributed by atoms with Gasteiger partial charge in [-0.1, -0.05) is 479 Å². The fourth-order valence-electron chi connectivity index (χ4n) is 11.8. The van der Waals surface area contributed by atoms with Crippen LogP contribution in [0, 0.1) is 6.92 Å². The van der Waals surface area contributed by atoms with Crippen molar-refractivity contribution >= 4 is 21.5 Å². The van der Waals surface area contributed by atoms with E-state index in [2.05, 4.69) is 474 Å². The lowest BCUT2D eigenvalue weighted by Gasteiger charge is -2.21. The van der Waals surface area contributed by atoms with Crippen LogP contribution < -0.4 is 0 Å². The van der Waals surface area contributed by atoms with Gasteiger partial charge in [-0.25, -0.2) is 0 Å². The van der Waals surface area contributed by atoms with Gasteiger partial charge in [0.1, 0.15) is 0 Å². The highest BCUT2D eigenvalue weighted by molar-refractivity contribution is 5.86. The highest BCUT2D eigenvalue weighted by atomic mass is 14.2. The second-order valence-corrected chi connectivity index (χ2v) is 34.5. The topological polar surface area (TPSA) is 0 Å². The molecule has 0 saturated carbocycles. The minimum atomic E-state index is 0.204. The molecule has 0 aliphatic carbocycles. The SMILES string of the molecule is CC(C)(C)c1ccc(-c2ccc(-c3ccccc3)cc2)cc1.CC(C)(C)c1ccc(-c2ccccc2)cc1.CC(C)(C)c1ccc2ccccc2c1.CC(C)(C)c1cccc(-c2ccccc2)c1.CC(C)(C)c1cccc2ccccc12.CC(C)(C)c1ccccc1.Cc1ccc(C(C)(C)C)cc1. The van der Waals surface area contributed by atoms with Crippen LogP contribution in [0.3, 0.4) is 0 Å². The molecule has 0 amide bonds. The van der Waals surface area contributed by atoms with Crippen LogP contribution in [0.2, 0.25) is 0 Å². The van der Waals surface area contributed by atoms with E-state index >= 15 is 0 Å². The second kappa shape index (κ2) is 36.0. The summed E-state index contributed by atoms with van der Waals surface area (Å²) in [6.45, 7) is 49.2. The lowest BCUT2D eigenvalue weighted by molar-refractivity contribution is 0.590. The molecule has 13 aromatic rings. The van der Waals surface area contributed by atoms with Gasteiger partial charge < -0.3 is 0 Å². The van der Waals surface area contributed by atoms with E-state index in [0.717, 1.165) is 0 Å². The molecule has 0 bridgehead atoms. The molecular formula is C103H120. The largest absolute Gasteiger partial charge is 0.0622 e.